The molecule has 0 spiro atoms. The zero-order valence-electron chi connectivity index (χ0n) is 12.0. The van der Waals surface area contributed by atoms with E-state index in [4.69, 9.17) is 9.47 Å². The Labute approximate surface area is 134 Å². The third-order valence-corrected chi connectivity index (χ3v) is 4.73. The van der Waals surface area contributed by atoms with E-state index < -0.39 is 0 Å². The summed E-state index contributed by atoms with van der Waals surface area (Å²) in [4.78, 5) is 17.0. The number of nitrogens with zero attached hydrogens (tertiary/aromatic N) is 3. The lowest BCUT2D eigenvalue weighted by molar-refractivity contribution is 0.103. The number of carbonyl (C=O) groups excluding carboxylic acids is 1. The highest BCUT2D eigenvalue weighted by atomic mass is 32.1. The fraction of sp³-hybridized carbons (Fsp3) is 0.231. The van der Waals surface area contributed by atoms with Crippen LogP contribution >= 0.6 is 22.9 Å². The van der Waals surface area contributed by atoms with Crippen molar-refractivity contribution >= 4 is 44.1 Å². The normalized spacial score (nSPS) is 10.7. The van der Waals surface area contributed by atoms with Gasteiger partial charge in [0.1, 0.15) is 4.88 Å². The molecular formula is C13H12N4O3S2. The van der Waals surface area contributed by atoms with Crippen molar-refractivity contribution in [3.8, 4) is 11.5 Å². The Kier molecular flexibility index (Phi) is 3.90. The maximum atomic E-state index is 12.2. The second kappa shape index (κ2) is 5.85. The molecule has 0 fully saturated rings. The molecule has 2 aromatic heterocycles. The number of hydrogen-bond donors (Lipinski definition) is 1. The molecule has 0 bridgehead atoms. The Morgan fingerprint density at radius 3 is 2.59 bits per heavy atom. The zero-order valence-corrected chi connectivity index (χ0v) is 13.7. The van der Waals surface area contributed by atoms with Crippen molar-refractivity contribution in [3.05, 3.63) is 22.7 Å². The number of nitrogens with one attached hydrogen (secondary N) is 1. The van der Waals surface area contributed by atoms with Crippen molar-refractivity contribution in [2.24, 2.45) is 0 Å². The van der Waals surface area contributed by atoms with Crippen LogP contribution in [0.2, 0.25) is 0 Å². The minimum atomic E-state index is -0.259. The van der Waals surface area contributed by atoms with Crippen molar-refractivity contribution in [1.82, 2.24) is 14.6 Å². The van der Waals surface area contributed by atoms with Gasteiger partial charge in [0.2, 0.25) is 0 Å². The molecule has 9 heteroatoms. The van der Waals surface area contributed by atoms with E-state index in [-0.39, 0.29) is 5.91 Å². The monoisotopic (exact) mass is 336 g/mol. The quantitative estimate of drug-likeness (QED) is 0.788. The summed E-state index contributed by atoms with van der Waals surface area (Å²) in [6, 6.07) is 3.61. The van der Waals surface area contributed by atoms with Gasteiger partial charge in [-0.15, -0.1) is 5.10 Å². The molecule has 0 saturated heterocycles. The molecule has 2 heterocycles. The van der Waals surface area contributed by atoms with Gasteiger partial charge >= 0.3 is 0 Å². The predicted molar refractivity (Wildman–Crippen MR) is 85.3 cm³/mol. The minimum Gasteiger partial charge on any atom is -0.493 e. The number of aromatic nitrogens is 3. The molecule has 22 heavy (non-hydrogen) atoms. The topological polar surface area (TPSA) is 86.2 Å². The van der Waals surface area contributed by atoms with Gasteiger partial charge in [-0.05, 0) is 18.5 Å². The lowest BCUT2D eigenvalue weighted by Crippen LogP contribution is -2.11. The van der Waals surface area contributed by atoms with E-state index in [1.165, 1.54) is 11.3 Å². The number of benzene rings is 1. The summed E-state index contributed by atoms with van der Waals surface area (Å²) in [6.45, 7) is 1.74. The van der Waals surface area contributed by atoms with E-state index in [0.717, 1.165) is 21.7 Å². The zero-order chi connectivity index (χ0) is 15.7. The number of anilines is 1. The number of amides is 1. The van der Waals surface area contributed by atoms with Crippen LogP contribution in [0.1, 0.15) is 15.4 Å². The van der Waals surface area contributed by atoms with Crippen LogP contribution in [0.5, 0.6) is 11.5 Å². The highest BCUT2D eigenvalue weighted by Crippen LogP contribution is 2.36. The van der Waals surface area contributed by atoms with Crippen LogP contribution in [0.15, 0.2) is 12.1 Å². The van der Waals surface area contributed by atoms with Gasteiger partial charge < -0.3 is 9.47 Å². The van der Waals surface area contributed by atoms with Crippen molar-refractivity contribution in [3.63, 3.8) is 0 Å². The third-order valence-electron chi connectivity index (χ3n) is 2.97. The molecule has 0 aliphatic rings. The molecule has 7 nitrogen and oxygen atoms in total. The van der Waals surface area contributed by atoms with Gasteiger partial charge in [-0.3, -0.25) is 10.1 Å². The SMILES string of the molecule is COc1cc2nc(NC(=O)c3snnc3C)sc2cc1OC. The molecule has 1 N–H and O–H groups in total. The number of aryl methyl sites for hydroxylation is 1. The lowest BCUT2D eigenvalue weighted by Gasteiger charge is -2.05. The standard InChI is InChI=1S/C13H12N4O3S2/c1-6-11(22-17-16-6)12(18)15-13-14-7-4-8(19-2)9(20-3)5-10(7)21-13/h4-5H,1-3H3,(H,14,15,18). The fourth-order valence-electron chi connectivity index (χ4n) is 1.90. The summed E-state index contributed by atoms with van der Waals surface area (Å²) in [5.41, 5.74) is 1.34. The van der Waals surface area contributed by atoms with Crippen LogP contribution in [0, 0.1) is 6.92 Å². The molecule has 0 unspecified atom stereocenters. The number of ether oxygens (including phenoxy) is 2. The highest BCUT2D eigenvalue weighted by molar-refractivity contribution is 7.22. The summed E-state index contributed by atoms with van der Waals surface area (Å²) in [5.74, 6) is 0.963. The summed E-state index contributed by atoms with van der Waals surface area (Å²) < 4.78 is 15.2. The fourth-order valence-corrected chi connectivity index (χ4v) is 3.33. The molecule has 0 aliphatic carbocycles. The number of methoxy groups -OCH3 is 2. The second-order valence-corrected chi connectivity index (χ2v) is 6.12. The summed E-state index contributed by atoms with van der Waals surface area (Å²) >= 11 is 2.42. The van der Waals surface area contributed by atoms with E-state index in [1.54, 1.807) is 27.2 Å². The van der Waals surface area contributed by atoms with Gasteiger partial charge in [-0.1, -0.05) is 15.8 Å². The van der Waals surface area contributed by atoms with Crippen molar-refractivity contribution < 1.29 is 14.3 Å². The number of hydrogen-bond acceptors (Lipinski definition) is 8. The van der Waals surface area contributed by atoms with Crippen LogP contribution in [0.4, 0.5) is 5.13 Å². The second-order valence-electron chi connectivity index (χ2n) is 4.34. The van der Waals surface area contributed by atoms with Gasteiger partial charge in [-0.2, -0.15) is 0 Å². The Hall–Kier alpha value is -2.26. The molecule has 0 atom stereocenters. The Balaban J connectivity index is 1.92. The molecular weight excluding hydrogens is 324 g/mol. The van der Waals surface area contributed by atoms with Crippen LogP contribution in [-0.2, 0) is 0 Å². The smallest absolute Gasteiger partial charge is 0.271 e. The van der Waals surface area contributed by atoms with Crippen LogP contribution in [0.3, 0.4) is 0 Å². The average molecular weight is 336 g/mol. The minimum absolute atomic E-state index is 0.259. The number of carbonyl (C=O) groups is 1. The molecule has 1 amide bonds. The Morgan fingerprint density at radius 1 is 1.23 bits per heavy atom. The van der Waals surface area contributed by atoms with Gasteiger partial charge in [0.25, 0.3) is 5.91 Å². The van der Waals surface area contributed by atoms with E-state index in [1.807, 2.05) is 6.07 Å². The van der Waals surface area contributed by atoms with Crippen LogP contribution in [0.25, 0.3) is 10.2 Å². The summed E-state index contributed by atoms with van der Waals surface area (Å²) in [6.07, 6.45) is 0. The summed E-state index contributed by atoms with van der Waals surface area (Å²) in [5, 5.41) is 7.09. The first-order chi connectivity index (χ1) is 10.6. The maximum absolute atomic E-state index is 12.2. The van der Waals surface area contributed by atoms with Crippen molar-refractivity contribution in [1.29, 1.82) is 0 Å². The van der Waals surface area contributed by atoms with Gasteiger partial charge in [-0.25, -0.2) is 4.98 Å². The van der Waals surface area contributed by atoms with Crippen LogP contribution < -0.4 is 14.8 Å². The molecule has 3 rings (SSSR count). The van der Waals surface area contributed by atoms with Gasteiger partial charge in [0, 0.05) is 12.1 Å². The average Bonchev–Trinajstić information content (AvgIpc) is 3.10. The summed E-state index contributed by atoms with van der Waals surface area (Å²) in [7, 11) is 3.14. The van der Waals surface area contributed by atoms with Crippen molar-refractivity contribution in [2.75, 3.05) is 19.5 Å². The number of rotatable bonds is 4. The third kappa shape index (κ3) is 2.60. The molecule has 3 aromatic rings. The first kappa shape index (κ1) is 14.7. The van der Waals surface area contributed by atoms with Crippen molar-refractivity contribution in [2.45, 2.75) is 6.92 Å². The number of fused-ring (bicyclic) bond motifs is 1. The Bertz CT molecular complexity index is 802. The largest absolute Gasteiger partial charge is 0.493 e. The van der Waals surface area contributed by atoms with Gasteiger partial charge in [0.15, 0.2) is 16.6 Å². The molecule has 114 valence electrons. The predicted octanol–water partition coefficient (Wildman–Crippen LogP) is 2.73. The van der Waals surface area contributed by atoms with E-state index in [9.17, 15) is 4.79 Å². The van der Waals surface area contributed by atoms with Crippen LogP contribution in [-0.4, -0.2) is 34.7 Å². The van der Waals surface area contributed by atoms with E-state index in [2.05, 4.69) is 19.9 Å². The molecule has 0 aliphatic heterocycles. The van der Waals surface area contributed by atoms with Gasteiger partial charge in [0.05, 0.1) is 30.1 Å². The molecule has 0 radical (unpaired) electrons. The first-order valence-corrected chi connectivity index (χ1v) is 7.84. The molecule has 0 saturated carbocycles. The van der Waals surface area contributed by atoms with E-state index in [0.29, 0.717) is 27.2 Å². The lowest BCUT2D eigenvalue weighted by atomic mass is 10.3. The Morgan fingerprint density at radius 2 is 1.95 bits per heavy atom. The first-order valence-electron chi connectivity index (χ1n) is 6.25. The highest BCUT2D eigenvalue weighted by Gasteiger charge is 2.16. The maximum Gasteiger partial charge on any atom is 0.271 e. The van der Waals surface area contributed by atoms with E-state index >= 15 is 0 Å². The number of thiazole rings is 1. The molecule has 1 aromatic carbocycles.